The maximum absolute atomic E-state index is 13.8. The van der Waals surface area contributed by atoms with Crippen LogP contribution >= 0.6 is 0 Å². The molecule has 0 saturated carbocycles. The molecule has 132 valence electrons. The van der Waals surface area contributed by atoms with Crippen molar-refractivity contribution < 1.29 is 27.4 Å². The Kier molecular flexibility index (Phi) is 4.78. The Bertz CT molecular complexity index is 768. The number of carbonyl (C=O) groups is 1. The van der Waals surface area contributed by atoms with E-state index in [4.69, 9.17) is 4.74 Å². The van der Waals surface area contributed by atoms with Crippen LogP contribution in [-0.2, 0) is 11.3 Å². The largest absolute Gasteiger partial charge is 0.447 e. The Morgan fingerprint density at radius 1 is 1.36 bits per heavy atom. The molecule has 0 spiro atoms. The summed E-state index contributed by atoms with van der Waals surface area (Å²) in [4.78, 5) is 16.5. The van der Waals surface area contributed by atoms with Gasteiger partial charge in [0, 0.05) is 12.3 Å². The molecule has 1 aliphatic heterocycles. The fourth-order valence-corrected chi connectivity index (χ4v) is 2.42. The standard InChI is InChI=1S/C17H15F3N2O3/c1-10-2-4-14(12(18)6-10)25-15-5-3-11(7-21-15)8-22-13(16(19)20)9-24-17(22)23/h2-7,13,16H,8-9H2,1H3/t13-/m0/s1. The average molecular weight is 352 g/mol. The first-order valence-electron chi connectivity index (χ1n) is 7.54. The second-order valence-electron chi connectivity index (χ2n) is 5.65. The number of alkyl halides is 2. The molecule has 2 aromatic rings. The molecule has 5 nitrogen and oxygen atoms in total. The van der Waals surface area contributed by atoms with Crippen LogP contribution in [0.25, 0.3) is 0 Å². The van der Waals surface area contributed by atoms with Crippen molar-refractivity contribution in [3.63, 3.8) is 0 Å². The Morgan fingerprint density at radius 3 is 2.80 bits per heavy atom. The van der Waals surface area contributed by atoms with E-state index in [-0.39, 0.29) is 24.8 Å². The molecule has 2 heterocycles. The van der Waals surface area contributed by atoms with Crippen LogP contribution in [0.2, 0.25) is 0 Å². The number of pyridine rings is 1. The number of halogens is 3. The SMILES string of the molecule is Cc1ccc(Oc2ccc(CN3C(=O)OC[C@H]3C(F)F)cn2)c(F)c1. The zero-order chi connectivity index (χ0) is 18.0. The highest BCUT2D eigenvalue weighted by Crippen LogP contribution is 2.25. The van der Waals surface area contributed by atoms with E-state index in [1.165, 1.54) is 24.4 Å². The highest BCUT2D eigenvalue weighted by Gasteiger charge is 2.39. The highest BCUT2D eigenvalue weighted by molar-refractivity contribution is 5.70. The summed E-state index contributed by atoms with van der Waals surface area (Å²) in [6.07, 6.45) is -2.09. The number of cyclic esters (lactones) is 1. The number of aromatic nitrogens is 1. The third-order valence-corrected chi connectivity index (χ3v) is 3.76. The summed E-state index contributed by atoms with van der Waals surface area (Å²) in [5.74, 6) is -0.321. The van der Waals surface area contributed by atoms with Crippen molar-refractivity contribution in [3.05, 3.63) is 53.5 Å². The molecule has 1 amide bonds. The number of benzene rings is 1. The van der Waals surface area contributed by atoms with Crippen molar-refractivity contribution in [1.82, 2.24) is 9.88 Å². The van der Waals surface area contributed by atoms with Crippen LogP contribution in [-0.4, -0.2) is 35.1 Å². The molecule has 25 heavy (non-hydrogen) atoms. The maximum Gasteiger partial charge on any atom is 0.410 e. The van der Waals surface area contributed by atoms with E-state index in [0.29, 0.717) is 5.56 Å². The van der Waals surface area contributed by atoms with E-state index < -0.39 is 24.4 Å². The van der Waals surface area contributed by atoms with E-state index >= 15 is 0 Å². The molecule has 1 saturated heterocycles. The molecule has 1 atom stereocenters. The number of amides is 1. The Balaban J connectivity index is 1.69. The molecular weight excluding hydrogens is 337 g/mol. The molecule has 1 aromatic carbocycles. The minimum atomic E-state index is -2.69. The van der Waals surface area contributed by atoms with Crippen LogP contribution in [0.15, 0.2) is 36.5 Å². The lowest BCUT2D eigenvalue weighted by molar-refractivity contribution is 0.0574. The van der Waals surface area contributed by atoms with Crippen molar-refractivity contribution in [2.75, 3.05) is 6.61 Å². The Labute approximate surface area is 142 Å². The lowest BCUT2D eigenvalue weighted by Gasteiger charge is -2.20. The van der Waals surface area contributed by atoms with Crippen LogP contribution in [0.1, 0.15) is 11.1 Å². The summed E-state index contributed by atoms with van der Waals surface area (Å²) in [6, 6.07) is 6.32. The zero-order valence-electron chi connectivity index (χ0n) is 13.3. The molecule has 0 aliphatic carbocycles. The van der Waals surface area contributed by atoms with Gasteiger partial charge in [0.05, 0.1) is 6.54 Å². The third kappa shape index (κ3) is 3.84. The first kappa shape index (κ1) is 17.1. The van der Waals surface area contributed by atoms with Crippen molar-refractivity contribution in [3.8, 4) is 11.6 Å². The normalized spacial score (nSPS) is 17.1. The number of hydrogen-bond donors (Lipinski definition) is 0. The number of ether oxygens (including phenoxy) is 2. The van der Waals surface area contributed by atoms with Gasteiger partial charge in [-0.3, -0.25) is 4.90 Å². The van der Waals surface area contributed by atoms with Crippen molar-refractivity contribution in [2.24, 2.45) is 0 Å². The first-order chi connectivity index (χ1) is 11.9. The average Bonchev–Trinajstić information content (AvgIpc) is 2.93. The molecule has 0 unspecified atom stereocenters. The quantitative estimate of drug-likeness (QED) is 0.819. The van der Waals surface area contributed by atoms with Crippen LogP contribution in [0.3, 0.4) is 0 Å². The van der Waals surface area contributed by atoms with Crippen LogP contribution in [0.4, 0.5) is 18.0 Å². The van der Waals surface area contributed by atoms with Gasteiger partial charge in [-0.1, -0.05) is 12.1 Å². The van der Waals surface area contributed by atoms with Crippen molar-refractivity contribution in [1.29, 1.82) is 0 Å². The minimum absolute atomic E-state index is 0.0340. The monoisotopic (exact) mass is 352 g/mol. The molecule has 1 aromatic heterocycles. The minimum Gasteiger partial charge on any atom is -0.447 e. The molecule has 0 radical (unpaired) electrons. The number of hydrogen-bond acceptors (Lipinski definition) is 4. The summed E-state index contributed by atoms with van der Waals surface area (Å²) >= 11 is 0. The van der Waals surface area contributed by atoms with Gasteiger partial charge >= 0.3 is 6.09 Å². The topological polar surface area (TPSA) is 51.7 Å². The Hall–Kier alpha value is -2.77. The van der Waals surface area contributed by atoms with Gasteiger partial charge in [-0.05, 0) is 30.2 Å². The molecule has 0 bridgehead atoms. The number of rotatable bonds is 5. The maximum atomic E-state index is 13.8. The van der Waals surface area contributed by atoms with E-state index in [1.807, 2.05) is 0 Å². The second-order valence-corrected chi connectivity index (χ2v) is 5.65. The van der Waals surface area contributed by atoms with E-state index in [1.54, 1.807) is 19.1 Å². The second kappa shape index (κ2) is 7.00. The zero-order valence-corrected chi connectivity index (χ0v) is 13.3. The van der Waals surface area contributed by atoms with Crippen molar-refractivity contribution in [2.45, 2.75) is 25.9 Å². The molecule has 8 heteroatoms. The molecular formula is C17H15F3N2O3. The summed E-state index contributed by atoms with van der Waals surface area (Å²) in [6.45, 7) is 1.37. The van der Waals surface area contributed by atoms with Gasteiger partial charge in [0.2, 0.25) is 5.88 Å². The van der Waals surface area contributed by atoms with Gasteiger partial charge < -0.3 is 9.47 Å². The van der Waals surface area contributed by atoms with Gasteiger partial charge in [-0.2, -0.15) is 0 Å². The van der Waals surface area contributed by atoms with Gasteiger partial charge in [0.15, 0.2) is 11.6 Å². The van der Waals surface area contributed by atoms with Crippen molar-refractivity contribution >= 4 is 6.09 Å². The van der Waals surface area contributed by atoms with Crippen LogP contribution in [0.5, 0.6) is 11.6 Å². The lowest BCUT2D eigenvalue weighted by atomic mass is 10.2. The predicted octanol–water partition coefficient (Wildman–Crippen LogP) is 3.91. The van der Waals surface area contributed by atoms with E-state index in [9.17, 15) is 18.0 Å². The predicted molar refractivity (Wildman–Crippen MR) is 82.1 cm³/mol. The summed E-state index contributed by atoms with van der Waals surface area (Å²) in [7, 11) is 0. The Morgan fingerprint density at radius 2 is 2.16 bits per heavy atom. The summed E-state index contributed by atoms with van der Waals surface area (Å²) in [5.41, 5.74) is 1.29. The lowest BCUT2D eigenvalue weighted by Crippen LogP contribution is -2.38. The highest BCUT2D eigenvalue weighted by atomic mass is 19.3. The molecule has 3 rings (SSSR count). The smallest absolute Gasteiger partial charge is 0.410 e. The fraction of sp³-hybridized carbons (Fsp3) is 0.294. The van der Waals surface area contributed by atoms with Gasteiger partial charge in [-0.15, -0.1) is 0 Å². The fourth-order valence-electron chi connectivity index (χ4n) is 2.42. The number of carbonyl (C=O) groups excluding carboxylic acids is 1. The van der Waals surface area contributed by atoms with E-state index in [2.05, 4.69) is 9.72 Å². The third-order valence-electron chi connectivity index (χ3n) is 3.76. The van der Waals surface area contributed by atoms with Crippen LogP contribution in [0, 0.1) is 12.7 Å². The molecule has 1 fully saturated rings. The first-order valence-corrected chi connectivity index (χ1v) is 7.54. The van der Waals surface area contributed by atoms with Crippen LogP contribution < -0.4 is 4.74 Å². The molecule has 1 aliphatic rings. The van der Waals surface area contributed by atoms with Gasteiger partial charge in [-0.25, -0.2) is 22.9 Å². The van der Waals surface area contributed by atoms with Gasteiger partial charge in [0.1, 0.15) is 12.6 Å². The van der Waals surface area contributed by atoms with E-state index in [0.717, 1.165) is 10.5 Å². The summed E-state index contributed by atoms with van der Waals surface area (Å²) in [5, 5.41) is 0. The molecule has 0 N–H and O–H groups in total. The van der Waals surface area contributed by atoms with Gasteiger partial charge in [0.25, 0.3) is 6.43 Å². The summed E-state index contributed by atoms with van der Waals surface area (Å²) < 4.78 is 49.6. The number of aryl methyl sites for hydroxylation is 1. The number of nitrogens with zero attached hydrogens (tertiary/aromatic N) is 2.